The van der Waals surface area contributed by atoms with Crippen LogP contribution in [-0.4, -0.2) is 77.8 Å². The van der Waals surface area contributed by atoms with E-state index in [0.29, 0.717) is 46.6 Å². The van der Waals surface area contributed by atoms with Gasteiger partial charge in [-0.25, -0.2) is 9.37 Å². The molecule has 0 unspecified atom stereocenters. The number of benzene rings is 2. The monoisotopic (exact) mass is 703 g/mol. The molecule has 1 fully saturated rings. The number of hydrogen-bond donors (Lipinski definition) is 3. The fraction of sp³-hybridized carbons (Fsp3) is 0.366. The van der Waals surface area contributed by atoms with Crippen LogP contribution in [0.1, 0.15) is 78.7 Å². The first-order valence-corrected chi connectivity index (χ1v) is 17.4. The van der Waals surface area contributed by atoms with E-state index in [0.717, 1.165) is 43.0 Å². The van der Waals surface area contributed by atoms with Gasteiger partial charge in [0, 0.05) is 82.7 Å². The van der Waals surface area contributed by atoms with Crippen LogP contribution in [0.5, 0.6) is 0 Å². The zero-order valence-electron chi connectivity index (χ0n) is 31.6. The molecule has 1 amide bonds. The average molecular weight is 704 g/mol. The van der Waals surface area contributed by atoms with Gasteiger partial charge in [0.2, 0.25) is 0 Å². The van der Waals surface area contributed by atoms with Gasteiger partial charge in [-0.2, -0.15) is 5.26 Å². The number of imidazole rings is 1. The summed E-state index contributed by atoms with van der Waals surface area (Å²) in [6, 6.07) is 11.4. The average Bonchev–Trinajstić information content (AvgIpc) is 3.53. The molecule has 3 N–H and O–H groups in total. The lowest BCUT2D eigenvalue weighted by molar-refractivity contribution is 0.102. The van der Waals surface area contributed by atoms with Crippen LogP contribution >= 0.6 is 0 Å². The number of nitrogens with one attached hydrogen (secondary N) is 3. The predicted octanol–water partition coefficient (Wildman–Crippen LogP) is 6.12. The van der Waals surface area contributed by atoms with Crippen LogP contribution in [0.3, 0.4) is 0 Å². The topological polar surface area (TPSA) is 114 Å². The number of amides is 1. The van der Waals surface area contributed by atoms with Gasteiger partial charge in [0.25, 0.3) is 5.91 Å². The highest BCUT2D eigenvalue weighted by Gasteiger charge is 2.24. The number of aryl methyl sites for hydroxylation is 1. The molecule has 1 saturated heterocycles. The van der Waals surface area contributed by atoms with Crippen LogP contribution in [-0.2, 0) is 12.0 Å². The van der Waals surface area contributed by atoms with E-state index in [-0.39, 0.29) is 5.56 Å². The summed E-state index contributed by atoms with van der Waals surface area (Å²) in [6.07, 6.45) is 8.60. The molecule has 4 rings (SSSR count). The molecule has 0 saturated carbocycles. The number of nitriles is 1. The molecule has 2 heterocycles. The zero-order valence-corrected chi connectivity index (χ0v) is 31.6. The number of anilines is 1. The van der Waals surface area contributed by atoms with Crippen molar-refractivity contribution in [3.8, 4) is 17.9 Å². The zero-order chi connectivity index (χ0) is 38.0. The minimum atomic E-state index is -0.791. The number of nitrogens with zero attached hydrogens (tertiary/aromatic N) is 6. The summed E-state index contributed by atoms with van der Waals surface area (Å²) in [5.74, 6) is 5.56. The Morgan fingerprint density at radius 3 is 2.50 bits per heavy atom. The number of allylic oxidation sites excluding steroid dienone is 2. The molecular formula is C41H50FN9O. The maximum Gasteiger partial charge on any atom is 0.258 e. The number of aromatic nitrogens is 2. The van der Waals surface area contributed by atoms with Crippen molar-refractivity contribution in [3.05, 3.63) is 106 Å². The van der Waals surface area contributed by atoms with E-state index in [2.05, 4.69) is 74.1 Å². The van der Waals surface area contributed by atoms with Crippen molar-refractivity contribution in [1.29, 1.82) is 5.26 Å². The van der Waals surface area contributed by atoms with Gasteiger partial charge < -0.3 is 16.0 Å². The Kier molecular flexibility index (Phi) is 13.3. The van der Waals surface area contributed by atoms with E-state index in [4.69, 9.17) is 0 Å². The molecular weight excluding hydrogens is 654 g/mol. The summed E-state index contributed by atoms with van der Waals surface area (Å²) in [6.45, 7) is 20.2. The molecule has 0 atom stereocenters. The Morgan fingerprint density at radius 2 is 1.88 bits per heavy atom. The third kappa shape index (κ3) is 9.64. The minimum Gasteiger partial charge on any atom is -0.392 e. The summed E-state index contributed by atoms with van der Waals surface area (Å²) < 4.78 is 17.1. The molecule has 2 aromatic carbocycles. The van der Waals surface area contributed by atoms with Gasteiger partial charge in [-0.05, 0) is 88.4 Å². The van der Waals surface area contributed by atoms with E-state index >= 15 is 4.39 Å². The number of halogens is 1. The minimum absolute atomic E-state index is 0.133. The Balaban J connectivity index is 1.61. The normalized spacial score (nSPS) is 14.6. The van der Waals surface area contributed by atoms with Crippen molar-refractivity contribution >= 4 is 29.7 Å². The lowest BCUT2D eigenvalue weighted by Crippen LogP contribution is -2.48. The van der Waals surface area contributed by atoms with E-state index in [1.165, 1.54) is 12.1 Å². The third-order valence-electron chi connectivity index (χ3n) is 9.04. The van der Waals surface area contributed by atoms with Crippen LogP contribution in [0.2, 0.25) is 0 Å². The SMILES string of the molecule is C=Cn1c(C#Cc2cc(C(=O)Nc3cc(CN4CCN(C(C)C)CC4)cc(C(C)(C)C#N)c3)c(F)cc2C)cnc1/C(=C\C)NC(/C=N\C)=C/NC. The van der Waals surface area contributed by atoms with Crippen LogP contribution in [0, 0.1) is 35.9 Å². The van der Waals surface area contributed by atoms with E-state index < -0.39 is 17.1 Å². The number of rotatable bonds is 12. The van der Waals surface area contributed by atoms with E-state index in [1.807, 2.05) is 39.0 Å². The number of hydrogen-bond acceptors (Lipinski definition) is 8. The second kappa shape index (κ2) is 17.6. The van der Waals surface area contributed by atoms with Crippen molar-refractivity contribution < 1.29 is 9.18 Å². The van der Waals surface area contributed by atoms with Crippen LogP contribution in [0.4, 0.5) is 10.1 Å². The second-order valence-corrected chi connectivity index (χ2v) is 13.5. The maximum atomic E-state index is 15.4. The number of aliphatic imine (C=N–C) groups is 1. The van der Waals surface area contributed by atoms with Gasteiger partial charge in [-0.3, -0.25) is 24.2 Å². The molecule has 0 spiro atoms. The van der Waals surface area contributed by atoms with Crippen LogP contribution < -0.4 is 16.0 Å². The molecule has 272 valence electrons. The smallest absolute Gasteiger partial charge is 0.258 e. The van der Waals surface area contributed by atoms with Crippen LogP contribution in [0.25, 0.3) is 11.9 Å². The second-order valence-electron chi connectivity index (χ2n) is 13.5. The van der Waals surface area contributed by atoms with Crippen molar-refractivity contribution in [3.63, 3.8) is 0 Å². The molecule has 52 heavy (non-hydrogen) atoms. The molecule has 1 aliphatic heterocycles. The van der Waals surface area contributed by atoms with E-state index in [1.54, 1.807) is 56.5 Å². The van der Waals surface area contributed by atoms with Crippen molar-refractivity contribution in [2.45, 2.75) is 59.5 Å². The Labute approximate surface area is 307 Å². The van der Waals surface area contributed by atoms with Crippen molar-refractivity contribution in [1.82, 2.24) is 30.0 Å². The molecule has 0 radical (unpaired) electrons. The first-order chi connectivity index (χ1) is 24.8. The van der Waals surface area contributed by atoms with E-state index in [9.17, 15) is 10.1 Å². The maximum absolute atomic E-state index is 15.4. The lowest BCUT2D eigenvalue weighted by Gasteiger charge is -2.37. The van der Waals surface area contributed by atoms with Gasteiger partial charge in [-0.15, -0.1) is 0 Å². The quantitative estimate of drug-likeness (QED) is 0.154. The third-order valence-corrected chi connectivity index (χ3v) is 9.04. The Hall–Kier alpha value is -5.49. The van der Waals surface area contributed by atoms with Crippen molar-refractivity contribution in [2.75, 3.05) is 45.6 Å². The fourth-order valence-electron chi connectivity index (χ4n) is 5.94. The Morgan fingerprint density at radius 1 is 1.15 bits per heavy atom. The van der Waals surface area contributed by atoms with Gasteiger partial charge in [0.15, 0.2) is 5.82 Å². The molecule has 0 bridgehead atoms. The first-order valence-electron chi connectivity index (χ1n) is 17.4. The highest BCUT2D eigenvalue weighted by molar-refractivity contribution is 6.05. The predicted molar refractivity (Wildman–Crippen MR) is 209 cm³/mol. The Bertz CT molecular complexity index is 1980. The number of carbonyl (C=O) groups is 1. The number of carbonyl (C=O) groups excluding carboxylic acids is 1. The first kappa shape index (κ1) is 39.3. The number of piperazine rings is 1. The standard InChI is InChI=1S/C41H50FN9O/c1-10-38(47-34(23-44-8)24-45-9)39-46-25-35(51(39)11-2)13-12-31-21-36(37(42)18-29(31)5)40(52)48-33-20-30(19-32(22-33)41(6,7)27-43)26-49-14-16-50(17-15-49)28(3)4/h10-11,18-25,28,44,47H,2,14-17,26H2,1,3-9H3,(H,48,52)/b34-23+,38-10+,45-24-. The van der Waals surface area contributed by atoms with Crippen LogP contribution in [0.15, 0.2) is 66.1 Å². The largest absolute Gasteiger partial charge is 0.392 e. The molecule has 10 nitrogen and oxygen atoms in total. The highest BCUT2D eigenvalue weighted by atomic mass is 19.1. The molecule has 0 aliphatic carbocycles. The summed E-state index contributed by atoms with van der Waals surface area (Å²) in [4.78, 5) is 27.2. The summed E-state index contributed by atoms with van der Waals surface area (Å²) in [7, 11) is 3.49. The van der Waals surface area contributed by atoms with Gasteiger partial charge in [0.05, 0.1) is 34.6 Å². The summed E-state index contributed by atoms with van der Waals surface area (Å²) in [5, 5.41) is 19.1. The van der Waals surface area contributed by atoms with Gasteiger partial charge >= 0.3 is 0 Å². The fourth-order valence-corrected chi connectivity index (χ4v) is 5.94. The molecule has 1 aliphatic rings. The van der Waals surface area contributed by atoms with Gasteiger partial charge in [-0.1, -0.05) is 24.6 Å². The lowest BCUT2D eigenvalue weighted by atomic mass is 9.85. The molecule has 1 aromatic heterocycles. The summed E-state index contributed by atoms with van der Waals surface area (Å²) in [5.41, 5.74) is 4.41. The summed E-state index contributed by atoms with van der Waals surface area (Å²) >= 11 is 0. The molecule has 3 aromatic rings. The molecule has 11 heteroatoms. The highest BCUT2D eigenvalue weighted by Crippen LogP contribution is 2.28. The van der Waals surface area contributed by atoms with Crippen molar-refractivity contribution in [2.24, 2.45) is 4.99 Å². The van der Waals surface area contributed by atoms with Gasteiger partial charge in [0.1, 0.15) is 11.5 Å².